The fraction of sp³-hybridized carbons (Fsp3) is 0.188. The lowest BCUT2D eigenvalue weighted by molar-refractivity contribution is -0.137. The number of ether oxygens (including phenoxy) is 1. The lowest BCUT2D eigenvalue weighted by atomic mass is 10.2. The maximum Gasteiger partial charge on any atom is 0.416 e. The molecular weight excluding hydrogens is 328 g/mol. The van der Waals surface area contributed by atoms with E-state index >= 15 is 0 Å². The minimum Gasteiger partial charge on any atom is -0.492 e. The summed E-state index contributed by atoms with van der Waals surface area (Å²) in [5.74, 6) is -0.127. The fourth-order valence-electron chi connectivity index (χ4n) is 1.84. The van der Waals surface area contributed by atoms with Gasteiger partial charge in [0, 0.05) is 11.8 Å². The van der Waals surface area contributed by atoms with E-state index in [0.717, 1.165) is 12.1 Å². The molecule has 8 heteroatoms. The number of urea groups is 1. The van der Waals surface area contributed by atoms with Crippen LogP contribution in [-0.2, 0) is 6.18 Å². The highest BCUT2D eigenvalue weighted by molar-refractivity contribution is 5.89. The standard InChI is InChI=1S/C16H14F4N2O2/c17-12-4-2-6-14(10-12)24-8-7-21-15(23)22-13-5-1-3-11(9-13)16(18,19)20/h1-6,9-10H,7-8H2,(H2,21,22,23). The zero-order valence-electron chi connectivity index (χ0n) is 12.4. The average Bonchev–Trinajstić information content (AvgIpc) is 2.51. The van der Waals surface area contributed by atoms with Gasteiger partial charge in [-0.3, -0.25) is 0 Å². The van der Waals surface area contributed by atoms with Crippen LogP contribution in [0, 0.1) is 5.82 Å². The van der Waals surface area contributed by atoms with E-state index in [9.17, 15) is 22.4 Å². The molecule has 0 spiro atoms. The Bertz CT molecular complexity index is 704. The molecule has 2 rings (SSSR count). The normalized spacial score (nSPS) is 11.0. The molecule has 2 N–H and O–H groups in total. The van der Waals surface area contributed by atoms with Crippen molar-refractivity contribution in [1.82, 2.24) is 5.32 Å². The highest BCUT2D eigenvalue weighted by Gasteiger charge is 2.30. The number of benzene rings is 2. The summed E-state index contributed by atoms with van der Waals surface area (Å²) in [4.78, 5) is 11.6. The maximum absolute atomic E-state index is 12.9. The van der Waals surface area contributed by atoms with Gasteiger partial charge < -0.3 is 15.4 Å². The zero-order chi connectivity index (χ0) is 17.6. The molecule has 0 atom stereocenters. The van der Waals surface area contributed by atoms with Crippen LogP contribution in [0.15, 0.2) is 48.5 Å². The van der Waals surface area contributed by atoms with Gasteiger partial charge in [-0.15, -0.1) is 0 Å². The highest BCUT2D eigenvalue weighted by Crippen LogP contribution is 2.30. The molecule has 2 aromatic rings. The summed E-state index contributed by atoms with van der Waals surface area (Å²) >= 11 is 0. The number of carbonyl (C=O) groups excluding carboxylic acids is 1. The smallest absolute Gasteiger partial charge is 0.416 e. The number of nitrogens with one attached hydrogen (secondary N) is 2. The summed E-state index contributed by atoms with van der Waals surface area (Å²) in [6.07, 6.45) is -4.48. The highest BCUT2D eigenvalue weighted by atomic mass is 19.4. The predicted octanol–water partition coefficient (Wildman–Crippen LogP) is 4.05. The van der Waals surface area contributed by atoms with Crippen LogP contribution in [0.3, 0.4) is 0 Å². The molecule has 24 heavy (non-hydrogen) atoms. The van der Waals surface area contributed by atoms with Crippen molar-refractivity contribution in [3.63, 3.8) is 0 Å². The predicted molar refractivity (Wildman–Crippen MR) is 80.4 cm³/mol. The first kappa shape index (κ1) is 17.6. The molecule has 0 fully saturated rings. The molecule has 0 aliphatic carbocycles. The Kier molecular flexibility index (Phi) is 5.62. The van der Waals surface area contributed by atoms with E-state index in [4.69, 9.17) is 4.74 Å². The van der Waals surface area contributed by atoms with Crippen LogP contribution in [-0.4, -0.2) is 19.2 Å². The molecule has 4 nitrogen and oxygen atoms in total. The molecule has 0 saturated carbocycles. The van der Waals surface area contributed by atoms with Gasteiger partial charge >= 0.3 is 12.2 Å². The number of alkyl halides is 3. The van der Waals surface area contributed by atoms with Gasteiger partial charge in [0.25, 0.3) is 0 Å². The monoisotopic (exact) mass is 342 g/mol. The van der Waals surface area contributed by atoms with E-state index in [0.29, 0.717) is 5.75 Å². The maximum atomic E-state index is 12.9. The number of hydrogen-bond acceptors (Lipinski definition) is 2. The molecule has 0 aromatic heterocycles. The second-order valence-corrected chi connectivity index (χ2v) is 4.77. The Morgan fingerprint density at radius 3 is 2.54 bits per heavy atom. The Morgan fingerprint density at radius 1 is 1.08 bits per heavy atom. The first-order valence-electron chi connectivity index (χ1n) is 6.95. The SMILES string of the molecule is O=C(NCCOc1cccc(F)c1)Nc1cccc(C(F)(F)F)c1. The largest absolute Gasteiger partial charge is 0.492 e. The van der Waals surface area contributed by atoms with Crippen LogP contribution in [0.1, 0.15) is 5.56 Å². The molecule has 0 aliphatic rings. The summed E-state index contributed by atoms with van der Waals surface area (Å²) in [5.41, 5.74) is -0.830. The van der Waals surface area contributed by atoms with Crippen molar-refractivity contribution < 1.29 is 27.1 Å². The Balaban J connectivity index is 1.77. The third-order valence-corrected chi connectivity index (χ3v) is 2.90. The number of rotatable bonds is 5. The Morgan fingerprint density at radius 2 is 1.83 bits per heavy atom. The number of halogens is 4. The molecular formula is C16H14F4N2O2. The molecule has 0 unspecified atom stereocenters. The first-order chi connectivity index (χ1) is 11.3. The number of carbonyl (C=O) groups is 1. The minimum atomic E-state index is -4.48. The molecule has 0 saturated heterocycles. The zero-order valence-corrected chi connectivity index (χ0v) is 12.4. The van der Waals surface area contributed by atoms with Crippen LogP contribution in [0.5, 0.6) is 5.75 Å². The third kappa shape index (κ3) is 5.45. The van der Waals surface area contributed by atoms with Crippen LogP contribution in [0.25, 0.3) is 0 Å². The third-order valence-electron chi connectivity index (χ3n) is 2.90. The topological polar surface area (TPSA) is 50.4 Å². The van der Waals surface area contributed by atoms with Crippen LogP contribution >= 0.6 is 0 Å². The van der Waals surface area contributed by atoms with E-state index in [1.807, 2.05) is 0 Å². The lowest BCUT2D eigenvalue weighted by Crippen LogP contribution is -2.32. The van der Waals surface area contributed by atoms with Crippen molar-refractivity contribution in [2.45, 2.75) is 6.18 Å². The fourth-order valence-corrected chi connectivity index (χ4v) is 1.84. The van der Waals surface area contributed by atoms with Crippen molar-refractivity contribution in [1.29, 1.82) is 0 Å². The second kappa shape index (κ2) is 7.67. The van der Waals surface area contributed by atoms with E-state index in [2.05, 4.69) is 10.6 Å². The summed E-state index contributed by atoms with van der Waals surface area (Å²) < 4.78 is 55.9. The summed E-state index contributed by atoms with van der Waals surface area (Å²) in [6, 6.07) is 9.14. The van der Waals surface area contributed by atoms with Gasteiger partial charge in [0.2, 0.25) is 0 Å². The van der Waals surface area contributed by atoms with E-state index in [1.165, 1.54) is 30.3 Å². The molecule has 0 bridgehead atoms. The molecule has 128 valence electrons. The molecule has 0 radical (unpaired) electrons. The van der Waals surface area contributed by atoms with Crippen LogP contribution in [0.2, 0.25) is 0 Å². The van der Waals surface area contributed by atoms with Crippen molar-refractivity contribution in [2.24, 2.45) is 0 Å². The van der Waals surface area contributed by atoms with Crippen molar-refractivity contribution in [2.75, 3.05) is 18.5 Å². The van der Waals surface area contributed by atoms with Gasteiger partial charge in [-0.25, -0.2) is 9.18 Å². The summed E-state index contributed by atoms with van der Waals surface area (Å²) in [6.45, 7) is 0.181. The van der Waals surface area contributed by atoms with E-state index < -0.39 is 23.6 Å². The van der Waals surface area contributed by atoms with Crippen LogP contribution in [0.4, 0.5) is 28.0 Å². The molecule has 2 amide bonds. The molecule has 0 aliphatic heterocycles. The number of amides is 2. The van der Waals surface area contributed by atoms with E-state index in [1.54, 1.807) is 6.07 Å². The Hall–Kier alpha value is -2.77. The van der Waals surface area contributed by atoms with Gasteiger partial charge in [0.1, 0.15) is 18.2 Å². The first-order valence-corrected chi connectivity index (χ1v) is 6.95. The van der Waals surface area contributed by atoms with Crippen molar-refractivity contribution in [3.8, 4) is 5.75 Å². The van der Waals surface area contributed by atoms with Crippen molar-refractivity contribution >= 4 is 11.7 Å². The quantitative estimate of drug-likeness (QED) is 0.636. The number of anilines is 1. The van der Waals surface area contributed by atoms with Gasteiger partial charge in [-0.2, -0.15) is 13.2 Å². The van der Waals surface area contributed by atoms with Gasteiger partial charge in [0.05, 0.1) is 12.1 Å². The molecule has 0 heterocycles. The lowest BCUT2D eigenvalue weighted by Gasteiger charge is -2.11. The van der Waals surface area contributed by atoms with Gasteiger partial charge in [0.15, 0.2) is 0 Å². The summed E-state index contributed by atoms with van der Waals surface area (Å²) in [7, 11) is 0. The van der Waals surface area contributed by atoms with Crippen LogP contribution < -0.4 is 15.4 Å². The minimum absolute atomic E-state index is 0.0216. The average molecular weight is 342 g/mol. The van der Waals surface area contributed by atoms with E-state index in [-0.39, 0.29) is 18.8 Å². The Labute approximate surface area is 135 Å². The van der Waals surface area contributed by atoms with Gasteiger partial charge in [-0.05, 0) is 30.3 Å². The van der Waals surface area contributed by atoms with Gasteiger partial charge in [-0.1, -0.05) is 12.1 Å². The second-order valence-electron chi connectivity index (χ2n) is 4.77. The number of hydrogen-bond donors (Lipinski definition) is 2. The van der Waals surface area contributed by atoms with Crippen molar-refractivity contribution in [3.05, 3.63) is 59.9 Å². The molecule has 2 aromatic carbocycles. The summed E-state index contributed by atoms with van der Waals surface area (Å²) in [5, 5.41) is 4.72.